The number of aliphatic imine (C=N–C) groups is 1. The number of esters is 1. The van der Waals surface area contributed by atoms with Gasteiger partial charge in [0.05, 0.1) is 21.3 Å². The topological polar surface area (TPSA) is 81.2 Å². The van der Waals surface area contributed by atoms with Crippen molar-refractivity contribution < 1.29 is 19.0 Å². The minimum atomic E-state index is -0.136. The van der Waals surface area contributed by atoms with Gasteiger partial charge in [0.25, 0.3) is 0 Å². The third kappa shape index (κ3) is 8.09. The van der Waals surface area contributed by atoms with Gasteiger partial charge in [0.15, 0.2) is 17.5 Å². The molecule has 0 aromatic heterocycles. The van der Waals surface area contributed by atoms with E-state index in [-0.39, 0.29) is 5.97 Å². The third-order valence-electron chi connectivity index (χ3n) is 3.96. The molecule has 146 valence electrons. The van der Waals surface area contributed by atoms with E-state index in [1.807, 2.05) is 18.2 Å². The number of guanidine groups is 1. The Morgan fingerprint density at radius 2 is 1.73 bits per heavy atom. The highest BCUT2D eigenvalue weighted by atomic mass is 16.5. The second-order valence-corrected chi connectivity index (χ2v) is 5.78. The first-order valence-corrected chi connectivity index (χ1v) is 8.86. The van der Waals surface area contributed by atoms with Crippen LogP contribution in [0.1, 0.15) is 37.7 Å². The standard InChI is InChI=1S/C19H31N3O4/c1-20-19(21-12-8-6-5-7-9-18(23)26-4)22-14-15-10-11-16(24-2)17(13-15)25-3/h10-11,13H,5-9,12,14H2,1-4H3,(H2,20,21,22). The largest absolute Gasteiger partial charge is 0.493 e. The lowest BCUT2D eigenvalue weighted by molar-refractivity contribution is -0.140. The van der Waals surface area contributed by atoms with Crippen molar-refractivity contribution in [1.82, 2.24) is 10.6 Å². The number of rotatable bonds is 11. The zero-order valence-corrected chi connectivity index (χ0v) is 16.3. The molecule has 0 amide bonds. The number of ether oxygens (including phenoxy) is 3. The monoisotopic (exact) mass is 365 g/mol. The molecule has 0 saturated heterocycles. The first-order chi connectivity index (χ1) is 12.6. The predicted molar refractivity (Wildman–Crippen MR) is 103 cm³/mol. The molecule has 0 heterocycles. The van der Waals surface area contributed by atoms with Crippen molar-refractivity contribution >= 4 is 11.9 Å². The Bertz CT molecular complexity index is 576. The lowest BCUT2D eigenvalue weighted by atomic mass is 10.1. The van der Waals surface area contributed by atoms with Gasteiger partial charge in [-0.15, -0.1) is 0 Å². The first-order valence-electron chi connectivity index (χ1n) is 8.86. The summed E-state index contributed by atoms with van der Waals surface area (Å²) in [5.74, 6) is 2.05. The van der Waals surface area contributed by atoms with E-state index in [1.54, 1.807) is 21.3 Å². The maximum absolute atomic E-state index is 11.0. The maximum atomic E-state index is 11.0. The van der Waals surface area contributed by atoms with Crippen molar-refractivity contribution in [2.45, 2.75) is 38.6 Å². The molecule has 0 aliphatic heterocycles. The number of methoxy groups -OCH3 is 3. The Labute approximate surface area is 156 Å². The van der Waals surface area contributed by atoms with E-state index in [0.717, 1.165) is 43.8 Å². The fraction of sp³-hybridized carbons (Fsp3) is 0.579. The van der Waals surface area contributed by atoms with E-state index >= 15 is 0 Å². The molecule has 0 aliphatic rings. The second-order valence-electron chi connectivity index (χ2n) is 5.78. The van der Waals surface area contributed by atoms with E-state index in [4.69, 9.17) is 9.47 Å². The number of carbonyl (C=O) groups excluding carboxylic acids is 1. The Balaban J connectivity index is 2.26. The summed E-state index contributed by atoms with van der Waals surface area (Å²) in [6, 6.07) is 5.82. The summed E-state index contributed by atoms with van der Waals surface area (Å²) in [4.78, 5) is 15.2. The Kier molecular flexibility index (Phi) is 10.7. The molecule has 0 unspecified atom stereocenters. The van der Waals surface area contributed by atoms with Crippen LogP contribution >= 0.6 is 0 Å². The van der Waals surface area contributed by atoms with Gasteiger partial charge in [-0.25, -0.2) is 0 Å². The number of carbonyl (C=O) groups is 1. The van der Waals surface area contributed by atoms with Gasteiger partial charge in [-0.2, -0.15) is 0 Å². The summed E-state index contributed by atoms with van der Waals surface area (Å²) in [7, 11) is 6.42. The molecule has 1 aromatic rings. The molecule has 2 N–H and O–H groups in total. The summed E-state index contributed by atoms with van der Waals surface area (Å²) in [5.41, 5.74) is 1.08. The summed E-state index contributed by atoms with van der Waals surface area (Å²) >= 11 is 0. The van der Waals surface area contributed by atoms with Crippen molar-refractivity contribution in [3.63, 3.8) is 0 Å². The average molecular weight is 365 g/mol. The fourth-order valence-electron chi connectivity index (χ4n) is 2.45. The van der Waals surface area contributed by atoms with Gasteiger partial charge in [0.1, 0.15) is 0 Å². The van der Waals surface area contributed by atoms with Gasteiger partial charge in [-0.3, -0.25) is 9.79 Å². The second kappa shape index (κ2) is 12.9. The van der Waals surface area contributed by atoms with Crippen molar-refractivity contribution in [2.24, 2.45) is 4.99 Å². The molecule has 0 atom stereocenters. The normalized spacial score (nSPS) is 11.0. The molecule has 0 aliphatic carbocycles. The number of nitrogens with zero attached hydrogens (tertiary/aromatic N) is 1. The van der Waals surface area contributed by atoms with E-state index in [2.05, 4.69) is 20.4 Å². The van der Waals surface area contributed by atoms with Crippen molar-refractivity contribution in [3.8, 4) is 11.5 Å². The quantitative estimate of drug-likeness (QED) is 0.271. The number of nitrogens with one attached hydrogen (secondary N) is 2. The fourth-order valence-corrected chi connectivity index (χ4v) is 2.45. The molecule has 0 saturated carbocycles. The highest BCUT2D eigenvalue weighted by molar-refractivity contribution is 5.79. The number of hydrogen-bond donors (Lipinski definition) is 2. The van der Waals surface area contributed by atoms with Crippen LogP contribution in [0.15, 0.2) is 23.2 Å². The Morgan fingerprint density at radius 1 is 1.00 bits per heavy atom. The molecular formula is C19H31N3O4. The summed E-state index contributed by atoms with van der Waals surface area (Å²) in [6.07, 6.45) is 4.49. The highest BCUT2D eigenvalue weighted by Crippen LogP contribution is 2.27. The minimum Gasteiger partial charge on any atom is -0.493 e. The van der Waals surface area contributed by atoms with Crippen molar-refractivity contribution in [2.75, 3.05) is 34.9 Å². The zero-order chi connectivity index (χ0) is 19.2. The lowest BCUT2D eigenvalue weighted by Crippen LogP contribution is -2.37. The molecule has 7 nitrogen and oxygen atoms in total. The highest BCUT2D eigenvalue weighted by Gasteiger charge is 2.05. The predicted octanol–water partition coefficient (Wildman–Crippen LogP) is 2.49. The van der Waals surface area contributed by atoms with Gasteiger partial charge >= 0.3 is 5.97 Å². The van der Waals surface area contributed by atoms with Crippen LogP contribution in [0.3, 0.4) is 0 Å². The van der Waals surface area contributed by atoms with E-state index in [0.29, 0.717) is 24.5 Å². The molecular weight excluding hydrogens is 334 g/mol. The number of benzene rings is 1. The summed E-state index contributed by atoms with van der Waals surface area (Å²) in [5, 5.41) is 6.57. The van der Waals surface area contributed by atoms with Crippen LogP contribution in [-0.2, 0) is 16.1 Å². The molecule has 0 fully saturated rings. The SMILES string of the molecule is CN=C(NCCCCCCC(=O)OC)NCc1ccc(OC)c(OC)c1. The van der Waals surface area contributed by atoms with Gasteiger partial charge < -0.3 is 24.8 Å². The van der Waals surface area contributed by atoms with Gasteiger partial charge in [-0.05, 0) is 30.5 Å². The third-order valence-corrected chi connectivity index (χ3v) is 3.96. The number of hydrogen-bond acceptors (Lipinski definition) is 5. The Hall–Kier alpha value is -2.44. The summed E-state index contributed by atoms with van der Waals surface area (Å²) < 4.78 is 15.2. The van der Waals surface area contributed by atoms with E-state index in [1.165, 1.54) is 7.11 Å². The number of unbranched alkanes of at least 4 members (excludes halogenated alkanes) is 3. The molecule has 7 heteroatoms. The summed E-state index contributed by atoms with van der Waals surface area (Å²) in [6.45, 7) is 1.48. The van der Waals surface area contributed by atoms with Crippen LogP contribution in [0.2, 0.25) is 0 Å². The van der Waals surface area contributed by atoms with Gasteiger partial charge in [0.2, 0.25) is 0 Å². The van der Waals surface area contributed by atoms with E-state index in [9.17, 15) is 4.79 Å². The van der Waals surface area contributed by atoms with Gasteiger partial charge in [0, 0.05) is 26.6 Å². The average Bonchev–Trinajstić information content (AvgIpc) is 2.68. The Morgan fingerprint density at radius 3 is 2.38 bits per heavy atom. The minimum absolute atomic E-state index is 0.136. The van der Waals surface area contributed by atoms with Crippen molar-refractivity contribution in [1.29, 1.82) is 0 Å². The molecule has 1 rings (SSSR count). The maximum Gasteiger partial charge on any atom is 0.305 e. The van der Waals surface area contributed by atoms with Gasteiger partial charge in [-0.1, -0.05) is 18.9 Å². The van der Waals surface area contributed by atoms with Crippen LogP contribution in [-0.4, -0.2) is 46.9 Å². The smallest absolute Gasteiger partial charge is 0.305 e. The van der Waals surface area contributed by atoms with Crippen LogP contribution in [0, 0.1) is 0 Å². The van der Waals surface area contributed by atoms with Crippen LogP contribution < -0.4 is 20.1 Å². The molecule has 0 bridgehead atoms. The lowest BCUT2D eigenvalue weighted by Gasteiger charge is -2.13. The van der Waals surface area contributed by atoms with Crippen LogP contribution in [0.25, 0.3) is 0 Å². The van der Waals surface area contributed by atoms with Crippen LogP contribution in [0.4, 0.5) is 0 Å². The van der Waals surface area contributed by atoms with E-state index < -0.39 is 0 Å². The molecule has 26 heavy (non-hydrogen) atoms. The first kappa shape index (κ1) is 21.6. The zero-order valence-electron chi connectivity index (χ0n) is 16.3. The molecule has 0 spiro atoms. The molecule has 1 aromatic carbocycles. The van der Waals surface area contributed by atoms with Crippen LogP contribution in [0.5, 0.6) is 11.5 Å². The van der Waals surface area contributed by atoms with Crippen molar-refractivity contribution in [3.05, 3.63) is 23.8 Å². The molecule has 0 radical (unpaired) electrons.